The quantitative estimate of drug-likeness (QED) is 0.326. The monoisotopic (exact) mass is 491 g/mol. The van der Waals surface area contributed by atoms with Crippen molar-refractivity contribution in [2.45, 2.75) is 105 Å². The smallest absolute Gasteiger partial charge is 0.258 e. The van der Waals surface area contributed by atoms with Gasteiger partial charge in [0.05, 0.1) is 5.56 Å². The first-order chi connectivity index (χ1) is 14.9. The van der Waals surface area contributed by atoms with Crippen LogP contribution in [0.25, 0.3) is 6.08 Å². The average Bonchev–Trinajstić information content (AvgIpc) is 2.64. The van der Waals surface area contributed by atoms with Gasteiger partial charge in [-0.1, -0.05) is 60.6 Å². The highest BCUT2D eigenvalue weighted by molar-refractivity contribution is 6.75. The molecule has 0 saturated carbocycles. The molecule has 1 aromatic carbocycles. The average molecular weight is 492 g/mol. The van der Waals surface area contributed by atoms with Gasteiger partial charge in [0, 0.05) is 19.2 Å². The first-order valence-corrected chi connectivity index (χ1v) is 18.2. The van der Waals surface area contributed by atoms with E-state index in [1.165, 1.54) is 0 Å². The predicted molar refractivity (Wildman–Crippen MR) is 149 cm³/mol. The molecule has 0 aromatic heterocycles. The van der Waals surface area contributed by atoms with Gasteiger partial charge in [-0.25, -0.2) is 0 Å². The number of carbonyl (C=O) groups excluding carboxylic acids is 1. The van der Waals surface area contributed by atoms with E-state index >= 15 is 0 Å². The summed E-state index contributed by atoms with van der Waals surface area (Å²) in [6.45, 7) is 29.8. The molecule has 33 heavy (non-hydrogen) atoms. The molecule has 6 heteroatoms. The van der Waals surface area contributed by atoms with Gasteiger partial charge in [-0.15, -0.1) is 0 Å². The van der Waals surface area contributed by atoms with Crippen molar-refractivity contribution in [3.8, 4) is 11.5 Å². The summed E-state index contributed by atoms with van der Waals surface area (Å²) < 4.78 is 13.5. The summed E-state index contributed by atoms with van der Waals surface area (Å²) in [7, 11) is -4.25. The molecule has 0 fully saturated rings. The second-order valence-corrected chi connectivity index (χ2v) is 21.3. The molecule has 0 spiro atoms. The zero-order valence-electron chi connectivity index (χ0n) is 23.6. The van der Waals surface area contributed by atoms with Crippen molar-refractivity contribution in [2.75, 3.05) is 13.1 Å². The van der Waals surface area contributed by atoms with E-state index in [9.17, 15) is 4.79 Å². The molecule has 0 saturated heterocycles. The molecular weight excluding hydrogens is 442 g/mol. The van der Waals surface area contributed by atoms with Crippen LogP contribution >= 0.6 is 0 Å². The van der Waals surface area contributed by atoms with Crippen LogP contribution in [0, 0.1) is 0 Å². The van der Waals surface area contributed by atoms with E-state index in [-0.39, 0.29) is 16.0 Å². The molecule has 0 aliphatic carbocycles. The molecule has 188 valence electrons. The van der Waals surface area contributed by atoms with Gasteiger partial charge in [-0.05, 0) is 68.2 Å². The van der Waals surface area contributed by atoms with Crippen LogP contribution in [0.1, 0.15) is 84.7 Å². The number of hydrogen-bond donors (Lipinski definition) is 0. The molecule has 0 aliphatic rings. The molecule has 0 radical (unpaired) electrons. The number of benzene rings is 1. The van der Waals surface area contributed by atoms with Crippen LogP contribution in [-0.2, 0) is 0 Å². The number of carbonyl (C=O) groups is 1. The minimum Gasteiger partial charge on any atom is -0.543 e. The Morgan fingerprint density at radius 1 is 0.879 bits per heavy atom. The van der Waals surface area contributed by atoms with E-state index < -0.39 is 16.6 Å². The fourth-order valence-corrected chi connectivity index (χ4v) is 4.93. The largest absolute Gasteiger partial charge is 0.543 e. The van der Waals surface area contributed by atoms with Gasteiger partial charge in [0.1, 0.15) is 11.5 Å². The number of amides is 1. The third kappa shape index (κ3) is 7.22. The van der Waals surface area contributed by atoms with Crippen molar-refractivity contribution in [3.05, 3.63) is 29.3 Å². The third-order valence-electron chi connectivity index (χ3n) is 7.25. The van der Waals surface area contributed by atoms with Crippen molar-refractivity contribution in [3.63, 3.8) is 0 Å². The molecule has 0 atom stereocenters. The molecule has 1 amide bonds. The summed E-state index contributed by atoms with van der Waals surface area (Å²) in [4.78, 5) is 15.6. The molecule has 0 N–H and O–H groups in total. The number of allylic oxidation sites excluding steroid dienone is 1. The van der Waals surface area contributed by atoms with E-state index in [0.29, 0.717) is 24.4 Å². The van der Waals surface area contributed by atoms with Crippen molar-refractivity contribution in [2.24, 2.45) is 0 Å². The predicted octanol–water partition coefficient (Wildman–Crippen LogP) is 8.36. The first kappa shape index (κ1) is 29.5. The highest BCUT2D eigenvalue weighted by Crippen LogP contribution is 2.43. The van der Waals surface area contributed by atoms with Crippen LogP contribution in [0.15, 0.2) is 18.2 Å². The highest BCUT2D eigenvalue weighted by atomic mass is 28.4. The summed E-state index contributed by atoms with van der Waals surface area (Å²) >= 11 is 0. The minimum atomic E-state index is -2.19. The lowest BCUT2D eigenvalue weighted by Crippen LogP contribution is -2.45. The summed E-state index contributed by atoms with van der Waals surface area (Å²) in [6.07, 6.45) is 5.04. The Kier molecular flexibility index (Phi) is 9.66. The molecule has 0 aliphatic heterocycles. The normalized spacial score (nSPS) is 13.4. The van der Waals surface area contributed by atoms with E-state index in [2.05, 4.69) is 80.7 Å². The standard InChI is InChI=1S/C27H49NO3Si2/c1-14-17-18-21-19-22(30-32(10,11)26(4,5)6)20-23(31-33(12,13)27(7,8)9)24(21)25(29)28(15-2)16-3/h17-20H,14-16H2,1-13H3/b18-17+. The Hall–Kier alpha value is -1.54. The van der Waals surface area contributed by atoms with Crippen LogP contribution in [0.2, 0.25) is 36.3 Å². The zero-order chi connectivity index (χ0) is 25.8. The van der Waals surface area contributed by atoms with E-state index in [1.54, 1.807) is 0 Å². The van der Waals surface area contributed by atoms with E-state index in [4.69, 9.17) is 8.85 Å². The molecule has 0 unspecified atom stereocenters. The molecular formula is C27H49NO3Si2. The van der Waals surface area contributed by atoms with Gasteiger partial charge < -0.3 is 13.8 Å². The molecule has 4 nitrogen and oxygen atoms in total. The van der Waals surface area contributed by atoms with Crippen LogP contribution in [0.5, 0.6) is 11.5 Å². The second kappa shape index (κ2) is 10.8. The maximum Gasteiger partial charge on any atom is 0.258 e. The van der Waals surface area contributed by atoms with Crippen molar-refractivity contribution >= 4 is 28.6 Å². The topological polar surface area (TPSA) is 38.8 Å². The third-order valence-corrected chi connectivity index (χ3v) is 16.0. The Balaban J connectivity index is 3.85. The van der Waals surface area contributed by atoms with Gasteiger partial charge in [0.25, 0.3) is 14.2 Å². The fraction of sp³-hybridized carbons (Fsp3) is 0.667. The minimum absolute atomic E-state index is 0.0121. The number of rotatable bonds is 9. The van der Waals surface area contributed by atoms with Crippen LogP contribution in [0.4, 0.5) is 0 Å². The van der Waals surface area contributed by atoms with Gasteiger partial charge in [0.15, 0.2) is 0 Å². The second-order valence-electron chi connectivity index (χ2n) is 11.9. The summed E-state index contributed by atoms with van der Waals surface area (Å²) in [6, 6.07) is 4.00. The maximum atomic E-state index is 13.7. The summed E-state index contributed by atoms with van der Waals surface area (Å²) in [5, 5.41) is 0.0841. The molecule has 0 bridgehead atoms. The lowest BCUT2D eigenvalue weighted by molar-refractivity contribution is 0.0770. The summed E-state index contributed by atoms with van der Waals surface area (Å²) in [5.41, 5.74) is 1.52. The maximum absolute atomic E-state index is 13.7. The molecule has 1 aromatic rings. The number of hydrogen-bond acceptors (Lipinski definition) is 3. The number of nitrogens with zero attached hydrogens (tertiary/aromatic N) is 1. The Bertz CT molecular complexity index is 842. The Labute approximate surface area is 206 Å². The van der Waals surface area contributed by atoms with Gasteiger partial charge >= 0.3 is 0 Å². The van der Waals surface area contributed by atoms with E-state index in [1.807, 2.05) is 37.0 Å². The van der Waals surface area contributed by atoms with Crippen molar-refractivity contribution in [1.29, 1.82) is 0 Å². The van der Waals surface area contributed by atoms with Crippen LogP contribution < -0.4 is 8.85 Å². The van der Waals surface area contributed by atoms with Crippen molar-refractivity contribution in [1.82, 2.24) is 4.90 Å². The lowest BCUT2D eigenvalue weighted by atomic mass is 10.0. The van der Waals surface area contributed by atoms with Crippen LogP contribution in [0.3, 0.4) is 0 Å². The Morgan fingerprint density at radius 2 is 1.36 bits per heavy atom. The van der Waals surface area contributed by atoms with Gasteiger partial charge in [0.2, 0.25) is 8.32 Å². The molecule has 0 heterocycles. The molecule has 1 rings (SSSR count). The SMILES string of the molecule is CC/C=C/c1cc(O[Si](C)(C)C(C)(C)C)cc(O[Si](C)(C)C(C)(C)C)c1C(=O)N(CC)CC. The fourth-order valence-electron chi connectivity index (χ4n) is 2.90. The summed E-state index contributed by atoms with van der Waals surface area (Å²) in [5.74, 6) is 1.47. The highest BCUT2D eigenvalue weighted by Gasteiger charge is 2.41. The van der Waals surface area contributed by atoms with Crippen LogP contribution in [-0.4, -0.2) is 40.5 Å². The lowest BCUT2D eigenvalue weighted by Gasteiger charge is -2.39. The zero-order valence-corrected chi connectivity index (χ0v) is 25.6. The van der Waals surface area contributed by atoms with E-state index in [0.717, 1.165) is 17.7 Å². The van der Waals surface area contributed by atoms with Gasteiger partial charge in [-0.2, -0.15) is 0 Å². The Morgan fingerprint density at radius 3 is 1.79 bits per heavy atom. The van der Waals surface area contributed by atoms with Crippen molar-refractivity contribution < 1.29 is 13.6 Å². The van der Waals surface area contributed by atoms with Gasteiger partial charge in [-0.3, -0.25) is 4.79 Å². The first-order valence-electron chi connectivity index (χ1n) is 12.4.